The van der Waals surface area contributed by atoms with Crippen molar-refractivity contribution in [3.05, 3.63) is 70.5 Å². The molecule has 1 N–H and O–H groups in total. The normalized spacial score (nSPS) is 17.7. The van der Waals surface area contributed by atoms with E-state index < -0.39 is 11.9 Å². The van der Waals surface area contributed by atoms with Crippen molar-refractivity contribution in [3.8, 4) is 0 Å². The van der Waals surface area contributed by atoms with Crippen molar-refractivity contribution < 1.29 is 14.0 Å². The lowest BCUT2D eigenvalue weighted by molar-refractivity contribution is -0.128. The Morgan fingerprint density at radius 1 is 1.17 bits per heavy atom. The Labute approximate surface area is 137 Å². The number of carbonyl (C=O) groups is 2. The molecule has 3 rings (SSSR count). The molecule has 2 amide bonds. The van der Waals surface area contributed by atoms with Crippen LogP contribution in [0.2, 0.25) is 5.02 Å². The molecular weight excluding hydrogens is 319 g/mol. The van der Waals surface area contributed by atoms with Gasteiger partial charge in [0.25, 0.3) is 5.91 Å². The quantitative estimate of drug-likeness (QED) is 0.919. The Bertz CT molecular complexity index is 749. The predicted octanol–water partition coefficient (Wildman–Crippen LogP) is 2.79. The van der Waals surface area contributed by atoms with E-state index in [9.17, 15) is 14.0 Å². The third-order valence-electron chi connectivity index (χ3n) is 3.76. The summed E-state index contributed by atoms with van der Waals surface area (Å²) in [7, 11) is 0. The molecule has 1 atom stereocenters. The third kappa shape index (κ3) is 3.05. The Kier molecular flexibility index (Phi) is 4.30. The molecule has 1 fully saturated rings. The fourth-order valence-corrected chi connectivity index (χ4v) is 2.87. The number of nitrogens with zero attached hydrogens (tertiary/aromatic N) is 1. The number of nitrogens with one attached hydrogen (secondary N) is 1. The van der Waals surface area contributed by atoms with Gasteiger partial charge in [-0.3, -0.25) is 9.59 Å². The standard InChI is InChI=1S/C17H14ClFN2O2/c18-14-4-2-1-3-13(14)17(23)21-10-9-20-16(22)15(21)11-5-7-12(19)8-6-11/h1-8,15H,9-10H2,(H,20,22). The van der Waals surface area contributed by atoms with E-state index in [0.717, 1.165) is 0 Å². The summed E-state index contributed by atoms with van der Waals surface area (Å²) in [5.74, 6) is -1.00. The van der Waals surface area contributed by atoms with Crippen LogP contribution < -0.4 is 5.32 Å². The summed E-state index contributed by atoms with van der Waals surface area (Å²) in [6.45, 7) is 0.727. The van der Waals surface area contributed by atoms with Crippen molar-refractivity contribution in [1.29, 1.82) is 0 Å². The van der Waals surface area contributed by atoms with Crippen LogP contribution in [0.1, 0.15) is 22.0 Å². The zero-order chi connectivity index (χ0) is 16.4. The van der Waals surface area contributed by atoms with E-state index >= 15 is 0 Å². The molecule has 4 nitrogen and oxygen atoms in total. The van der Waals surface area contributed by atoms with E-state index in [1.807, 2.05) is 0 Å². The van der Waals surface area contributed by atoms with Gasteiger partial charge in [-0.15, -0.1) is 0 Å². The first-order valence-electron chi connectivity index (χ1n) is 7.16. The van der Waals surface area contributed by atoms with E-state index in [-0.39, 0.29) is 11.8 Å². The van der Waals surface area contributed by atoms with Crippen LogP contribution in [-0.2, 0) is 4.79 Å². The summed E-state index contributed by atoms with van der Waals surface area (Å²) in [5.41, 5.74) is 0.903. The molecular formula is C17H14ClFN2O2. The average Bonchev–Trinajstić information content (AvgIpc) is 2.55. The number of amides is 2. The van der Waals surface area contributed by atoms with Crippen molar-refractivity contribution in [2.45, 2.75) is 6.04 Å². The number of benzene rings is 2. The number of carbonyl (C=O) groups excluding carboxylic acids is 2. The second kappa shape index (κ2) is 6.38. The monoisotopic (exact) mass is 332 g/mol. The summed E-state index contributed by atoms with van der Waals surface area (Å²) in [6, 6.07) is 11.5. The Morgan fingerprint density at radius 3 is 2.57 bits per heavy atom. The van der Waals surface area contributed by atoms with Crippen LogP contribution >= 0.6 is 11.6 Å². The van der Waals surface area contributed by atoms with Crippen LogP contribution in [0.25, 0.3) is 0 Å². The number of hydrogen-bond donors (Lipinski definition) is 1. The van der Waals surface area contributed by atoms with Crippen LogP contribution in [0.4, 0.5) is 4.39 Å². The molecule has 2 aromatic carbocycles. The zero-order valence-corrected chi connectivity index (χ0v) is 12.9. The van der Waals surface area contributed by atoms with Crippen molar-refractivity contribution >= 4 is 23.4 Å². The molecule has 0 spiro atoms. The molecule has 1 unspecified atom stereocenters. The molecule has 1 heterocycles. The molecule has 2 aromatic rings. The van der Waals surface area contributed by atoms with Crippen molar-refractivity contribution in [2.75, 3.05) is 13.1 Å². The Balaban J connectivity index is 1.98. The molecule has 0 radical (unpaired) electrons. The largest absolute Gasteiger partial charge is 0.352 e. The molecule has 0 aliphatic carbocycles. The highest BCUT2D eigenvalue weighted by Crippen LogP contribution is 2.27. The van der Waals surface area contributed by atoms with Crippen molar-refractivity contribution in [2.24, 2.45) is 0 Å². The summed E-state index contributed by atoms with van der Waals surface area (Å²) in [5, 5.41) is 3.07. The highest BCUT2D eigenvalue weighted by atomic mass is 35.5. The van der Waals surface area contributed by atoms with Gasteiger partial charge >= 0.3 is 0 Å². The van der Waals surface area contributed by atoms with Gasteiger partial charge in [-0.05, 0) is 29.8 Å². The van der Waals surface area contributed by atoms with E-state index in [0.29, 0.717) is 29.2 Å². The molecule has 1 aliphatic heterocycles. The van der Waals surface area contributed by atoms with Gasteiger partial charge in [0.15, 0.2) is 0 Å². The molecule has 0 aromatic heterocycles. The first-order chi connectivity index (χ1) is 11.1. The maximum atomic E-state index is 13.1. The van der Waals surface area contributed by atoms with Crippen LogP contribution in [0, 0.1) is 5.82 Å². The molecule has 0 bridgehead atoms. The number of rotatable bonds is 2. The van der Waals surface area contributed by atoms with Gasteiger partial charge in [-0.25, -0.2) is 4.39 Å². The lowest BCUT2D eigenvalue weighted by Gasteiger charge is -2.35. The molecule has 0 saturated carbocycles. The zero-order valence-electron chi connectivity index (χ0n) is 12.1. The van der Waals surface area contributed by atoms with E-state index in [4.69, 9.17) is 11.6 Å². The lowest BCUT2D eigenvalue weighted by atomic mass is 10.0. The van der Waals surface area contributed by atoms with E-state index in [2.05, 4.69) is 5.32 Å². The minimum atomic E-state index is -0.798. The highest BCUT2D eigenvalue weighted by molar-refractivity contribution is 6.33. The highest BCUT2D eigenvalue weighted by Gasteiger charge is 2.35. The molecule has 118 valence electrons. The number of hydrogen-bond acceptors (Lipinski definition) is 2. The predicted molar refractivity (Wildman–Crippen MR) is 84.6 cm³/mol. The first kappa shape index (κ1) is 15.5. The van der Waals surface area contributed by atoms with Crippen LogP contribution in [0.3, 0.4) is 0 Å². The number of halogens is 2. The third-order valence-corrected chi connectivity index (χ3v) is 4.09. The van der Waals surface area contributed by atoms with Gasteiger partial charge in [-0.2, -0.15) is 0 Å². The van der Waals surface area contributed by atoms with Crippen molar-refractivity contribution in [1.82, 2.24) is 10.2 Å². The van der Waals surface area contributed by atoms with Gasteiger partial charge in [-0.1, -0.05) is 35.9 Å². The topological polar surface area (TPSA) is 49.4 Å². The average molecular weight is 333 g/mol. The van der Waals surface area contributed by atoms with Gasteiger partial charge in [0.2, 0.25) is 5.91 Å². The number of piperazine rings is 1. The van der Waals surface area contributed by atoms with Gasteiger partial charge in [0.05, 0.1) is 10.6 Å². The van der Waals surface area contributed by atoms with E-state index in [1.54, 1.807) is 24.3 Å². The van der Waals surface area contributed by atoms with Crippen molar-refractivity contribution in [3.63, 3.8) is 0 Å². The van der Waals surface area contributed by atoms with Gasteiger partial charge < -0.3 is 10.2 Å². The maximum Gasteiger partial charge on any atom is 0.256 e. The fourth-order valence-electron chi connectivity index (χ4n) is 2.65. The summed E-state index contributed by atoms with van der Waals surface area (Å²) in [4.78, 5) is 26.5. The van der Waals surface area contributed by atoms with E-state index in [1.165, 1.54) is 29.2 Å². The minimum absolute atomic E-state index is 0.289. The molecule has 1 saturated heterocycles. The molecule has 6 heteroatoms. The summed E-state index contributed by atoms with van der Waals surface area (Å²) >= 11 is 6.09. The Hall–Kier alpha value is -2.40. The summed E-state index contributed by atoms with van der Waals surface area (Å²) in [6.07, 6.45) is 0. The van der Waals surface area contributed by atoms with Crippen LogP contribution in [0.5, 0.6) is 0 Å². The molecule has 1 aliphatic rings. The van der Waals surface area contributed by atoms with Crippen LogP contribution in [-0.4, -0.2) is 29.8 Å². The second-order valence-corrected chi connectivity index (χ2v) is 5.63. The smallest absolute Gasteiger partial charge is 0.256 e. The summed E-state index contributed by atoms with van der Waals surface area (Å²) < 4.78 is 13.1. The SMILES string of the molecule is O=C1NCCN(C(=O)c2ccccc2Cl)C1c1ccc(F)cc1. The van der Waals surface area contributed by atoms with Gasteiger partial charge in [0.1, 0.15) is 11.9 Å². The minimum Gasteiger partial charge on any atom is -0.352 e. The lowest BCUT2D eigenvalue weighted by Crippen LogP contribution is -2.52. The maximum absolute atomic E-state index is 13.1. The fraction of sp³-hybridized carbons (Fsp3) is 0.176. The first-order valence-corrected chi connectivity index (χ1v) is 7.54. The molecule has 23 heavy (non-hydrogen) atoms. The van der Waals surface area contributed by atoms with Crippen LogP contribution in [0.15, 0.2) is 48.5 Å². The second-order valence-electron chi connectivity index (χ2n) is 5.22. The van der Waals surface area contributed by atoms with Gasteiger partial charge in [0, 0.05) is 13.1 Å². The Morgan fingerprint density at radius 2 is 1.87 bits per heavy atom.